The molecule has 0 N–H and O–H groups in total. The standard InChI is InChI=1S/C30H30N10/c1-4-10-25(11-5-1)19-38-28(16-31-34-38)22-37(23-29-17-32-35-39(29)20-26-12-6-2-7-13-26)24-30-18-33-36-40(30)21-27-14-8-3-9-15-27/h1-18H,19-24H2. The predicted molar refractivity (Wildman–Crippen MR) is 150 cm³/mol. The molecule has 0 amide bonds. The zero-order chi connectivity index (χ0) is 27.0. The number of hydrogen-bond acceptors (Lipinski definition) is 7. The molecule has 0 aliphatic heterocycles. The summed E-state index contributed by atoms with van der Waals surface area (Å²) in [6.45, 7) is 3.87. The highest BCUT2D eigenvalue weighted by molar-refractivity contribution is 5.18. The first-order valence-electron chi connectivity index (χ1n) is 13.3. The Balaban J connectivity index is 1.25. The van der Waals surface area contributed by atoms with Gasteiger partial charge in [0.2, 0.25) is 0 Å². The van der Waals surface area contributed by atoms with Crippen molar-refractivity contribution in [2.45, 2.75) is 39.3 Å². The van der Waals surface area contributed by atoms with Gasteiger partial charge in [-0.1, -0.05) is 107 Å². The minimum atomic E-state index is 0.632. The predicted octanol–water partition coefficient (Wildman–Crippen LogP) is 3.81. The molecule has 0 aliphatic carbocycles. The molecule has 0 radical (unpaired) electrons. The van der Waals surface area contributed by atoms with Gasteiger partial charge >= 0.3 is 0 Å². The van der Waals surface area contributed by atoms with Crippen LogP contribution in [0.15, 0.2) is 110 Å². The zero-order valence-electron chi connectivity index (χ0n) is 22.1. The maximum atomic E-state index is 4.39. The number of rotatable bonds is 12. The first kappa shape index (κ1) is 25.3. The van der Waals surface area contributed by atoms with Gasteiger partial charge in [0, 0.05) is 19.6 Å². The van der Waals surface area contributed by atoms with E-state index in [0.29, 0.717) is 39.3 Å². The summed E-state index contributed by atoms with van der Waals surface area (Å²) >= 11 is 0. The molecular weight excluding hydrogens is 500 g/mol. The van der Waals surface area contributed by atoms with Crippen LogP contribution in [0.5, 0.6) is 0 Å². The van der Waals surface area contributed by atoms with Crippen LogP contribution < -0.4 is 0 Å². The molecule has 0 atom stereocenters. The van der Waals surface area contributed by atoms with Crippen molar-refractivity contribution in [1.82, 2.24) is 49.9 Å². The smallest absolute Gasteiger partial charge is 0.0738 e. The third-order valence-corrected chi connectivity index (χ3v) is 6.78. The Morgan fingerprint density at radius 2 is 0.725 bits per heavy atom. The Morgan fingerprint density at radius 3 is 1.02 bits per heavy atom. The fraction of sp³-hybridized carbons (Fsp3) is 0.200. The van der Waals surface area contributed by atoms with Crippen molar-refractivity contribution in [3.05, 3.63) is 143 Å². The summed E-state index contributed by atoms with van der Waals surface area (Å²) in [5.41, 5.74) is 6.59. The molecule has 6 rings (SSSR count). The maximum absolute atomic E-state index is 4.39. The Hall–Kier alpha value is -4.96. The lowest BCUT2D eigenvalue weighted by atomic mass is 10.2. The van der Waals surface area contributed by atoms with Crippen molar-refractivity contribution >= 4 is 0 Å². The van der Waals surface area contributed by atoms with Crippen molar-refractivity contribution in [3.63, 3.8) is 0 Å². The van der Waals surface area contributed by atoms with E-state index >= 15 is 0 Å². The van der Waals surface area contributed by atoms with Crippen LogP contribution in [-0.2, 0) is 39.3 Å². The van der Waals surface area contributed by atoms with Gasteiger partial charge in [0.15, 0.2) is 0 Å². The lowest BCUT2D eigenvalue weighted by Gasteiger charge is -2.23. The lowest BCUT2D eigenvalue weighted by molar-refractivity contribution is 0.226. The summed E-state index contributed by atoms with van der Waals surface area (Å²) in [6, 6.07) is 30.9. The Morgan fingerprint density at radius 1 is 0.425 bits per heavy atom. The van der Waals surface area contributed by atoms with E-state index in [9.17, 15) is 0 Å². The van der Waals surface area contributed by atoms with Gasteiger partial charge < -0.3 is 0 Å². The topological polar surface area (TPSA) is 95.4 Å². The van der Waals surface area contributed by atoms with Gasteiger partial charge in [-0.2, -0.15) is 0 Å². The molecule has 0 aliphatic rings. The first-order chi connectivity index (χ1) is 19.8. The third-order valence-electron chi connectivity index (χ3n) is 6.78. The molecule has 6 aromatic rings. The minimum Gasteiger partial charge on any atom is -0.286 e. The summed E-state index contributed by atoms with van der Waals surface area (Å²) in [5, 5.41) is 25.9. The molecule has 40 heavy (non-hydrogen) atoms. The van der Waals surface area contributed by atoms with Crippen LogP contribution in [0.3, 0.4) is 0 Å². The molecule has 3 heterocycles. The lowest BCUT2D eigenvalue weighted by Crippen LogP contribution is -2.27. The molecule has 3 aromatic carbocycles. The van der Waals surface area contributed by atoms with E-state index in [1.165, 1.54) is 16.7 Å². The van der Waals surface area contributed by atoms with Gasteiger partial charge in [-0.3, -0.25) is 4.90 Å². The highest BCUT2D eigenvalue weighted by Crippen LogP contribution is 2.16. The average Bonchev–Trinajstić information content (AvgIpc) is 3.73. The number of aromatic nitrogens is 9. The summed E-state index contributed by atoms with van der Waals surface area (Å²) in [4.78, 5) is 2.33. The van der Waals surface area contributed by atoms with Crippen molar-refractivity contribution in [2.75, 3.05) is 0 Å². The van der Waals surface area contributed by atoms with Crippen molar-refractivity contribution < 1.29 is 0 Å². The number of nitrogens with zero attached hydrogens (tertiary/aromatic N) is 10. The second-order valence-corrected chi connectivity index (χ2v) is 9.75. The van der Waals surface area contributed by atoms with Gasteiger partial charge in [0.25, 0.3) is 0 Å². The Kier molecular flexibility index (Phi) is 7.77. The average molecular weight is 531 g/mol. The largest absolute Gasteiger partial charge is 0.286 e. The van der Waals surface area contributed by atoms with Gasteiger partial charge in [-0.25, -0.2) is 14.0 Å². The summed E-state index contributed by atoms with van der Waals surface area (Å²) < 4.78 is 5.88. The van der Waals surface area contributed by atoms with Crippen molar-refractivity contribution in [1.29, 1.82) is 0 Å². The maximum Gasteiger partial charge on any atom is 0.0738 e. The molecule has 0 unspecified atom stereocenters. The summed E-state index contributed by atoms with van der Waals surface area (Å²) in [7, 11) is 0. The Bertz CT molecular complexity index is 1410. The first-order valence-corrected chi connectivity index (χ1v) is 13.3. The zero-order valence-corrected chi connectivity index (χ0v) is 22.1. The molecule has 10 nitrogen and oxygen atoms in total. The van der Waals surface area contributed by atoms with Crippen LogP contribution in [-0.4, -0.2) is 49.9 Å². The van der Waals surface area contributed by atoms with Crippen LogP contribution in [0.4, 0.5) is 0 Å². The molecular formula is C30H30N10. The molecule has 0 saturated heterocycles. The van der Waals surface area contributed by atoms with Gasteiger partial charge in [0.05, 0.1) is 55.3 Å². The molecule has 10 heteroatoms. The van der Waals surface area contributed by atoms with Gasteiger partial charge in [-0.15, -0.1) is 15.3 Å². The number of benzene rings is 3. The van der Waals surface area contributed by atoms with E-state index in [1.54, 1.807) is 0 Å². The Labute approximate surface area is 232 Å². The van der Waals surface area contributed by atoms with E-state index < -0.39 is 0 Å². The minimum absolute atomic E-state index is 0.632. The van der Waals surface area contributed by atoms with E-state index in [2.05, 4.69) is 72.2 Å². The molecule has 0 fully saturated rings. The highest BCUT2D eigenvalue weighted by atomic mass is 15.5. The van der Waals surface area contributed by atoms with Gasteiger partial charge in [0.1, 0.15) is 0 Å². The summed E-state index contributed by atoms with van der Waals surface area (Å²) in [5.74, 6) is 0. The monoisotopic (exact) mass is 530 g/mol. The number of hydrogen-bond donors (Lipinski definition) is 0. The quantitative estimate of drug-likeness (QED) is 0.237. The highest BCUT2D eigenvalue weighted by Gasteiger charge is 2.18. The van der Waals surface area contributed by atoms with Crippen LogP contribution >= 0.6 is 0 Å². The van der Waals surface area contributed by atoms with Crippen molar-refractivity contribution in [2.24, 2.45) is 0 Å². The van der Waals surface area contributed by atoms with Crippen molar-refractivity contribution in [3.8, 4) is 0 Å². The van der Waals surface area contributed by atoms with E-state index in [4.69, 9.17) is 0 Å². The SMILES string of the molecule is c1ccc(Cn2nncc2CN(Cc2cnnn2Cc2ccccc2)Cc2cnnn2Cc2ccccc2)cc1. The summed E-state index contributed by atoms with van der Waals surface area (Å²) in [6.07, 6.45) is 5.53. The molecule has 200 valence electrons. The molecule has 3 aromatic heterocycles. The van der Waals surface area contributed by atoms with E-state index in [-0.39, 0.29) is 0 Å². The second-order valence-electron chi connectivity index (χ2n) is 9.75. The van der Waals surface area contributed by atoms with E-state index in [0.717, 1.165) is 17.1 Å². The molecule has 0 bridgehead atoms. The van der Waals surface area contributed by atoms with Crippen LogP contribution in [0.2, 0.25) is 0 Å². The molecule has 0 spiro atoms. The van der Waals surface area contributed by atoms with Crippen LogP contribution in [0.25, 0.3) is 0 Å². The van der Waals surface area contributed by atoms with Crippen LogP contribution in [0, 0.1) is 0 Å². The second kappa shape index (κ2) is 12.3. The fourth-order valence-electron chi connectivity index (χ4n) is 4.73. The third kappa shape index (κ3) is 6.36. The molecule has 0 saturated carbocycles. The fourth-order valence-corrected chi connectivity index (χ4v) is 4.73. The van der Waals surface area contributed by atoms with Gasteiger partial charge in [-0.05, 0) is 16.7 Å². The normalized spacial score (nSPS) is 11.3. The van der Waals surface area contributed by atoms with E-state index in [1.807, 2.05) is 87.2 Å². The van der Waals surface area contributed by atoms with Crippen LogP contribution in [0.1, 0.15) is 33.8 Å².